The van der Waals surface area contributed by atoms with E-state index in [4.69, 9.17) is 4.66 Å². The number of benzene rings is 1. The topological polar surface area (TPSA) is 70.7 Å². The van der Waals surface area contributed by atoms with E-state index in [-0.39, 0.29) is 18.3 Å². The van der Waals surface area contributed by atoms with Crippen LogP contribution < -0.4 is 4.90 Å². The summed E-state index contributed by atoms with van der Waals surface area (Å²) in [4.78, 5) is 17.9. The van der Waals surface area contributed by atoms with Gasteiger partial charge in [0, 0.05) is 19.7 Å². The van der Waals surface area contributed by atoms with E-state index in [1.807, 2.05) is 6.92 Å². The molecular formula is C15H16ClFN4O2. The Morgan fingerprint density at radius 1 is 1.26 bits per heavy atom. The van der Waals surface area contributed by atoms with E-state index in [9.17, 15) is 9.18 Å². The number of hydrogen-bond acceptors (Lipinski definition) is 4. The minimum Gasteiger partial charge on any atom is -0.298 e. The third kappa shape index (κ3) is 2.97. The molecule has 0 fully saturated rings. The Bertz CT molecular complexity index is 773. The minimum absolute atomic E-state index is 0.00567. The molecule has 0 unspecified atom stereocenters. The summed E-state index contributed by atoms with van der Waals surface area (Å²) in [5.74, 6) is 0.130. The number of likely N-dealkylation sites (N-methyl/N-ethyl adjacent to an activating group) is 1. The van der Waals surface area contributed by atoms with Gasteiger partial charge in [0.05, 0.1) is 28.8 Å². The first kappa shape index (κ1) is 17.1. The van der Waals surface area contributed by atoms with Crippen molar-refractivity contribution in [1.82, 2.24) is 9.78 Å². The second-order valence-corrected chi connectivity index (χ2v) is 5.01. The standard InChI is InChI=1S/C15H15FN4O.ClHO/c1-9-13-14(10-6-4-5-7-11(10)16)17-8-12(21)19(2)15(13)20(3)18-9;1-2/h4-7H,8H2,1-3H3;2H. The van der Waals surface area contributed by atoms with Crippen molar-refractivity contribution in [3.05, 3.63) is 46.9 Å². The van der Waals surface area contributed by atoms with Crippen molar-refractivity contribution in [2.24, 2.45) is 12.0 Å². The van der Waals surface area contributed by atoms with Crippen molar-refractivity contribution in [1.29, 1.82) is 0 Å². The fraction of sp³-hybridized carbons (Fsp3) is 0.267. The van der Waals surface area contributed by atoms with Gasteiger partial charge in [0.1, 0.15) is 18.2 Å². The number of aromatic nitrogens is 2. The number of anilines is 1. The molecule has 3 rings (SSSR count). The number of fused-ring (bicyclic) bond motifs is 1. The number of carbonyl (C=O) groups is 1. The number of hydrogen-bond donors (Lipinski definition) is 1. The van der Waals surface area contributed by atoms with Crippen molar-refractivity contribution in [3.8, 4) is 0 Å². The molecule has 1 amide bonds. The van der Waals surface area contributed by atoms with Crippen LogP contribution in [0.25, 0.3) is 0 Å². The molecule has 2 heterocycles. The third-order valence-corrected chi connectivity index (χ3v) is 3.62. The zero-order valence-electron chi connectivity index (χ0n) is 12.9. The molecule has 1 aromatic carbocycles. The summed E-state index contributed by atoms with van der Waals surface area (Å²) in [6.45, 7) is 1.83. The van der Waals surface area contributed by atoms with Crippen molar-refractivity contribution < 1.29 is 13.8 Å². The van der Waals surface area contributed by atoms with Crippen LogP contribution in [0, 0.1) is 12.7 Å². The molecular weight excluding hydrogens is 323 g/mol. The van der Waals surface area contributed by atoms with E-state index in [2.05, 4.69) is 22.0 Å². The number of amides is 1. The lowest BCUT2D eigenvalue weighted by Gasteiger charge is -2.16. The molecule has 8 heteroatoms. The lowest BCUT2D eigenvalue weighted by Crippen LogP contribution is -2.29. The molecule has 0 saturated carbocycles. The van der Waals surface area contributed by atoms with Gasteiger partial charge < -0.3 is 0 Å². The van der Waals surface area contributed by atoms with Gasteiger partial charge in [-0.05, 0) is 19.1 Å². The molecule has 0 saturated heterocycles. The molecule has 0 aliphatic carbocycles. The normalized spacial score (nSPS) is 13.7. The van der Waals surface area contributed by atoms with Crippen LogP contribution in [0.4, 0.5) is 10.2 Å². The Morgan fingerprint density at radius 3 is 2.57 bits per heavy atom. The van der Waals surface area contributed by atoms with Crippen LogP contribution in [-0.2, 0) is 11.8 Å². The second-order valence-electron chi connectivity index (χ2n) is 5.01. The highest BCUT2D eigenvalue weighted by molar-refractivity contribution is 6.19. The van der Waals surface area contributed by atoms with Gasteiger partial charge >= 0.3 is 0 Å². The lowest BCUT2D eigenvalue weighted by atomic mass is 10.0. The number of aliphatic imine (C=N–C) groups is 1. The van der Waals surface area contributed by atoms with Gasteiger partial charge in [0.2, 0.25) is 5.91 Å². The zero-order valence-corrected chi connectivity index (χ0v) is 13.7. The van der Waals surface area contributed by atoms with Gasteiger partial charge in [-0.25, -0.2) is 4.39 Å². The van der Waals surface area contributed by atoms with Gasteiger partial charge in [0.15, 0.2) is 0 Å². The summed E-state index contributed by atoms with van der Waals surface area (Å²) in [5.41, 5.74) is 2.29. The van der Waals surface area contributed by atoms with E-state index in [1.165, 1.54) is 11.0 Å². The molecule has 122 valence electrons. The first-order valence-corrected chi connectivity index (χ1v) is 7.11. The quantitative estimate of drug-likeness (QED) is 0.862. The molecule has 1 N–H and O–H groups in total. The Kier molecular flexibility index (Phi) is 5.12. The number of nitrogens with zero attached hydrogens (tertiary/aromatic N) is 4. The Morgan fingerprint density at radius 2 is 1.91 bits per heavy atom. The second kappa shape index (κ2) is 6.89. The SMILES string of the molecule is Cc1nn(C)c2c1C(c1ccccc1F)=NCC(=O)N2C.OCl. The highest BCUT2D eigenvalue weighted by Crippen LogP contribution is 2.28. The van der Waals surface area contributed by atoms with Gasteiger partial charge in [-0.2, -0.15) is 5.10 Å². The summed E-state index contributed by atoms with van der Waals surface area (Å²) in [5, 5.41) is 4.34. The molecule has 0 bridgehead atoms. The average Bonchev–Trinajstić information content (AvgIpc) is 2.76. The van der Waals surface area contributed by atoms with Crippen molar-refractivity contribution in [2.75, 3.05) is 18.5 Å². The van der Waals surface area contributed by atoms with Gasteiger partial charge in [-0.15, -0.1) is 0 Å². The minimum atomic E-state index is -0.359. The smallest absolute Gasteiger partial charge is 0.249 e. The van der Waals surface area contributed by atoms with Crippen LogP contribution in [0.3, 0.4) is 0 Å². The molecule has 0 radical (unpaired) electrons. The summed E-state index contributed by atoms with van der Waals surface area (Å²) < 4.78 is 22.2. The first-order valence-electron chi connectivity index (χ1n) is 6.77. The molecule has 1 aliphatic heterocycles. The van der Waals surface area contributed by atoms with E-state index in [1.54, 1.807) is 37.0 Å². The fourth-order valence-corrected chi connectivity index (χ4v) is 2.63. The van der Waals surface area contributed by atoms with Crippen LogP contribution in [0.2, 0.25) is 0 Å². The number of rotatable bonds is 1. The van der Waals surface area contributed by atoms with E-state index in [0.29, 0.717) is 22.7 Å². The van der Waals surface area contributed by atoms with Gasteiger partial charge in [-0.3, -0.25) is 24.0 Å². The molecule has 2 aromatic rings. The van der Waals surface area contributed by atoms with Gasteiger partial charge in [0.25, 0.3) is 0 Å². The Hall–Kier alpha value is -2.25. The van der Waals surface area contributed by atoms with Crippen LogP contribution >= 0.6 is 11.9 Å². The van der Waals surface area contributed by atoms with Crippen LogP contribution in [0.5, 0.6) is 0 Å². The van der Waals surface area contributed by atoms with Crippen molar-refractivity contribution in [3.63, 3.8) is 0 Å². The summed E-state index contributed by atoms with van der Waals surface area (Å²) in [6, 6.07) is 6.44. The number of aryl methyl sites for hydroxylation is 2. The fourth-order valence-electron chi connectivity index (χ4n) is 2.63. The lowest BCUT2D eigenvalue weighted by molar-refractivity contribution is -0.117. The molecule has 23 heavy (non-hydrogen) atoms. The number of halogens is 2. The van der Waals surface area contributed by atoms with Crippen molar-refractivity contribution >= 4 is 29.3 Å². The largest absolute Gasteiger partial charge is 0.298 e. The highest BCUT2D eigenvalue weighted by Gasteiger charge is 2.29. The van der Waals surface area contributed by atoms with Crippen LogP contribution in [0.1, 0.15) is 16.8 Å². The van der Waals surface area contributed by atoms with Crippen LogP contribution in [-0.4, -0.2) is 39.7 Å². The van der Waals surface area contributed by atoms with Gasteiger partial charge in [-0.1, -0.05) is 12.1 Å². The predicted molar refractivity (Wildman–Crippen MR) is 86.3 cm³/mol. The van der Waals surface area contributed by atoms with E-state index >= 15 is 0 Å². The van der Waals surface area contributed by atoms with E-state index in [0.717, 1.165) is 5.69 Å². The maximum absolute atomic E-state index is 14.1. The molecule has 6 nitrogen and oxygen atoms in total. The number of carbonyl (C=O) groups excluding carboxylic acids is 1. The average molecular weight is 339 g/mol. The summed E-state index contributed by atoms with van der Waals surface area (Å²) in [7, 11) is 3.45. The van der Waals surface area contributed by atoms with E-state index < -0.39 is 0 Å². The van der Waals surface area contributed by atoms with Crippen LogP contribution in [0.15, 0.2) is 29.3 Å². The van der Waals surface area contributed by atoms with Crippen molar-refractivity contribution in [2.45, 2.75) is 6.92 Å². The molecule has 0 atom stereocenters. The molecule has 1 aliphatic rings. The molecule has 1 aromatic heterocycles. The Labute approximate surface area is 138 Å². The summed E-state index contributed by atoms with van der Waals surface area (Å²) >= 11 is 3.64. The molecule has 0 spiro atoms. The maximum Gasteiger partial charge on any atom is 0.249 e. The highest BCUT2D eigenvalue weighted by atomic mass is 35.5. The summed E-state index contributed by atoms with van der Waals surface area (Å²) in [6.07, 6.45) is 0. The third-order valence-electron chi connectivity index (χ3n) is 3.62. The zero-order chi connectivity index (χ0) is 17.1. The monoisotopic (exact) mass is 338 g/mol. The first-order chi connectivity index (χ1) is 11.0. The Balaban J connectivity index is 0.000000924. The maximum atomic E-state index is 14.1. The predicted octanol–water partition coefficient (Wildman–Crippen LogP) is 1.81.